The standard InChI is InChI=1S/C19H18BrFN2O2S/c20-13-6-5-12(16(21)9-13)10-26-11-18(24)23-17-4-2-1-3-15(17)19(25)22-14-7-8-14/h1-6,9,14H,7-8,10-11H2,(H,22,25)(H,23,24). The summed E-state index contributed by atoms with van der Waals surface area (Å²) in [7, 11) is 0. The fraction of sp³-hybridized carbons (Fsp3) is 0.263. The Kier molecular flexibility index (Phi) is 6.32. The quantitative estimate of drug-likeness (QED) is 0.677. The van der Waals surface area contributed by atoms with Crippen molar-refractivity contribution in [3.05, 3.63) is 63.9 Å². The third kappa shape index (κ3) is 5.32. The van der Waals surface area contributed by atoms with Gasteiger partial charge in [0.25, 0.3) is 5.91 Å². The molecule has 0 unspecified atom stereocenters. The summed E-state index contributed by atoms with van der Waals surface area (Å²) < 4.78 is 14.5. The zero-order valence-electron chi connectivity index (χ0n) is 13.9. The molecule has 0 radical (unpaired) electrons. The Hall–Kier alpha value is -1.86. The number of amides is 2. The van der Waals surface area contributed by atoms with E-state index in [-0.39, 0.29) is 29.4 Å². The van der Waals surface area contributed by atoms with Crippen LogP contribution in [0.2, 0.25) is 0 Å². The summed E-state index contributed by atoms with van der Waals surface area (Å²) in [5.41, 5.74) is 1.50. The van der Waals surface area contributed by atoms with E-state index in [2.05, 4.69) is 26.6 Å². The largest absolute Gasteiger partial charge is 0.349 e. The molecular weight excluding hydrogens is 419 g/mol. The number of thioether (sulfide) groups is 1. The number of hydrogen-bond donors (Lipinski definition) is 2. The molecule has 0 heterocycles. The highest BCUT2D eigenvalue weighted by atomic mass is 79.9. The second kappa shape index (κ2) is 8.68. The first-order chi connectivity index (χ1) is 12.5. The van der Waals surface area contributed by atoms with Gasteiger partial charge < -0.3 is 10.6 Å². The molecule has 1 saturated carbocycles. The number of para-hydroxylation sites is 1. The first-order valence-corrected chi connectivity index (χ1v) is 10.2. The van der Waals surface area contributed by atoms with Gasteiger partial charge in [-0.25, -0.2) is 4.39 Å². The first kappa shape index (κ1) is 18.9. The predicted octanol–water partition coefficient (Wildman–Crippen LogP) is 4.35. The lowest BCUT2D eigenvalue weighted by Gasteiger charge is -2.11. The van der Waals surface area contributed by atoms with Gasteiger partial charge in [-0.2, -0.15) is 0 Å². The van der Waals surface area contributed by atoms with Crippen molar-refractivity contribution >= 4 is 45.2 Å². The van der Waals surface area contributed by atoms with Gasteiger partial charge in [0.05, 0.1) is 17.0 Å². The second-order valence-corrected chi connectivity index (χ2v) is 7.97. The van der Waals surface area contributed by atoms with Gasteiger partial charge in [0.15, 0.2) is 0 Å². The molecule has 0 spiro atoms. The Morgan fingerprint density at radius 3 is 2.69 bits per heavy atom. The van der Waals surface area contributed by atoms with Crippen LogP contribution < -0.4 is 10.6 Å². The smallest absolute Gasteiger partial charge is 0.253 e. The topological polar surface area (TPSA) is 58.2 Å². The van der Waals surface area contributed by atoms with Crippen molar-refractivity contribution in [3.63, 3.8) is 0 Å². The van der Waals surface area contributed by atoms with Crippen molar-refractivity contribution in [3.8, 4) is 0 Å². The van der Waals surface area contributed by atoms with E-state index in [1.165, 1.54) is 17.8 Å². The van der Waals surface area contributed by atoms with E-state index in [9.17, 15) is 14.0 Å². The highest BCUT2D eigenvalue weighted by molar-refractivity contribution is 9.10. The third-order valence-corrected chi connectivity index (χ3v) is 5.34. The fourth-order valence-corrected chi connectivity index (χ4v) is 3.51. The highest BCUT2D eigenvalue weighted by Gasteiger charge is 2.25. The molecule has 0 saturated heterocycles. The number of benzene rings is 2. The highest BCUT2D eigenvalue weighted by Crippen LogP contribution is 2.22. The molecule has 7 heteroatoms. The lowest BCUT2D eigenvalue weighted by molar-refractivity contribution is -0.113. The molecule has 26 heavy (non-hydrogen) atoms. The van der Waals surface area contributed by atoms with Gasteiger partial charge in [-0.3, -0.25) is 9.59 Å². The number of hydrogen-bond acceptors (Lipinski definition) is 3. The van der Waals surface area contributed by atoms with Crippen molar-refractivity contribution in [2.24, 2.45) is 0 Å². The van der Waals surface area contributed by atoms with E-state index in [1.807, 2.05) is 0 Å². The minimum absolute atomic E-state index is 0.173. The van der Waals surface area contributed by atoms with Crippen LogP contribution in [0.1, 0.15) is 28.8 Å². The van der Waals surface area contributed by atoms with E-state index < -0.39 is 0 Å². The van der Waals surface area contributed by atoms with Crippen molar-refractivity contribution in [2.45, 2.75) is 24.6 Å². The SMILES string of the molecule is O=C(CSCc1ccc(Br)cc1F)Nc1ccccc1C(=O)NC1CC1. The molecule has 2 aromatic carbocycles. The molecule has 3 rings (SSSR count). The Balaban J connectivity index is 1.54. The van der Waals surface area contributed by atoms with Crippen LogP contribution in [0.3, 0.4) is 0 Å². The average Bonchev–Trinajstić information content (AvgIpc) is 3.41. The number of anilines is 1. The molecule has 2 amide bonds. The monoisotopic (exact) mass is 436 g/mol. The lowest BCUT2D eigenvalue weighted by Crippen LogP contribution is -2.27. The molecule has 0 aliphatic heterocycles. The zero-order chi connectivity index (χ0) is 18.5. The summed E-state index contributed by atoms with van der Waals surface area (Å²) >= 11 is 4.54. The average molecular weight is 437 g/mol. The van der Waals surface area contributed by atoms with E-state index in [0.717, 1.165) is 12.8 Å². The van der Waals surface area contributed by atoms with Gasteiger partial charge in [-0.15, -0.1) is 11.8 Å². The van der Waals surface area contributed by atoms with Gasteiger partial charge in [-0.1, -0.05) is 34.1 Å². The molecule has 0 aromatic heterocycles. The Labute approximate surface area is 164 Å². The van der Waals surface area contributed by atoms with E-state index in [1.54, 1.807) is 36.4 Å². The minimum Gasteiger partial charge on any atom is -0.349 e. The number of carbonyl (C=O) groups is 2. The van der Waals surface area contributed by atoms with E-state index in [0.29, 0.717) is 27.0 Å². The second-order valence-electron chi connectivity index (χ2n) is 6.07. The van der Waals surface area contributed by atoms with Gasteiger partial charge in [0, 0.05) is 16.3 Å². The van der Waals surface area contributed by atoms with E-state index in [4.69, 9.17) is 0 Å². The van der Waals surface area contributed by atoms with Crippen LogP contribution in [-0.2, 0) is 10.5 Å². The molecule has 0 bridgehead atoms. The van der Waals surface area contributed by atoms with Crippen LogP contribution in [0.5, 0.6) is 0 Å². The maximum atomic E-state index is 13.8. The number of nitrogens with one attached hydrogen (secondary N) is 2. The van der Waals surface area contributed by atoms with Crippen LogP contribution in [0, 0.1) is 5.82 Å². The maximum absolute atomic E-state index is 13.8. The van der Waals surface area contributed by atoms with Gasteiger partial charge in [-0.05, 0) is 42.7 Å². The Morgan fingerprint density at radius 1 is 1.19 bits per heavy atom. The van der Waals surface area contributed by atoms with Gasteiger partial charge in [0.2, 0.25) is 5.91 Å². The van der Waals surface area contributed by atoms with Crippen molar-refractivity contribution in [2.75, 3.05) is 11.1 Å². The molecule has 2 N–H and O–H groups in total. The van der Waals surface area contributed by atoms with Crippen molar-refractivity contribution < 1.29 is 14.0 Å². The lowest BCUT2D eigenvalue weighted by atomic mass is 10.1. The predicted molar refractivity (Wildman–Crippen MR) is 106 cm³/mol. The molecular formula is C19H18BrFN2O2S. The number of carbonyl (C=O) groups excluding carboxylic acids is 2. The van der Waals surface area contributed by atoms with Crippen LogP contribution in [0.15, 0.2) is 46.9 Å². The number of rotatable bonds is 7. The number of halogens is 2. The molecule has 1 aliphatic rings. The minimum atomic E-state index is -0.297. The third-order valence-electron chi connectivity index (χ3n) is 3.86. The Morgan fingerprint density at radius 2 is 1.96 bits per heavy atom. The normalized spacial score (nSPS) is 13.3. The molecule has 4 nitrogen and oxygen atoms in total. The molecule has 0 atom stereocenters. The Bertz CT molecular complexity index is 827. The summed E-state index contributed by atoms with van der Waals surface area (Å²) in [6.45, 7) is 0. The van der Waals surface area contributed by atoms with Crippen molar-refractivity contribution in [1.82, 2.24) is 5.32 Å². The van der Waals surface area contributed by atoms with Crippen LogP contribution in [-0.4, -0.2) is 23.6 Å². The molecule has 1 fully saturated rings. The summed E-state index contributed by atoms with van der Waals surface area (Å²) in [4.78, 5) is 24.4. The summed E-state index contributed by atoms with van der Waals surface area (Å²) in [5.74, 6) is -0.119. The maximum Gasteiger partial charge on any atom is 0.253 e. The van der Waals surface area contributed by atoms with Crippen LogP contribution in [0.4, 0.5) is 10.1 Å². The van der Waals surface area contributed by atoms with Crippen molar-refractivity contribution in [1.29, 1.82) is 0 Å². The summed E-state index contributed by atoms with van der Waals surface area (Å²) in [6.07, 6.45) is 2.01. The van der Waals surface area contributed by atoms with Gasteiger partial charge in [0.1, 0.15) is 5.82 Å². The summed E-state index contributed by atoms with van der Waals surface area (Å²) in [5, 5.41) is 5.69. The van der Waals surface area contributed by atoms with E-state index >= 15 is 0 Å². The van der Waals surface area contributed by atoms with Crippen LogP contribution in [0.25, 0.3) is 0 Å². The first-order valence-electron chi connectivity index (χ1n) is 8.24. The van der Waals surface area contributed by atoms with Gasteiger partial charge >= 0.3 is 0 Å². The van der Waals surface area contributed by atoms with Crippen LogP contribution >= 0.6 is 27.7 Å². The summed E-state index contributed by atoms with van der Waals surface area (Å²) in [6, 6.07) is 12.1. The zero-order valence-corrected chi connectivity index (χ0v) is 16.3. The fourth-order valence-electron chi connectivity index (χ4n) is 2.36. The molecule has 136 valence electrons. The molecule has 2 aromatic rings. The molecule has 1 aliphatic carbocycles.